The second kappa shape index (κ2) is 7.31. The Bertz CT molecular complexity index is 655. The van der Waals surface area contributed by atoms with Gasteiger partial charge in [0.05, 0.1) is 5.75 Å². The molecule has 2 rings (SSSR count). The minimum atomic E-state index is -3.32. The maximum atomic E-state index is 12.0. The largest absolute Gasteiger partial charge is 0.326 e. The highest BCUT2D eigenvalue weighted by atomic mass is 32.2. The highest BCUT2D eigenvalue weighted by molar-refractivity contribution is 7.88. The Balaban J connectivity index is 1.86. The Morgan fingerprint density at radius 2 is 1.57 bits per heavy atom. The average molecular weight is 305 g/mol. The summed E-state index contributed by atoms with van der Waals surface area (Å²) < 4.78 is 26.6. The summed E-state index contributed by atoms with van der Waals surface area (Å²) in [5.74, 6) is -0.0196. The molecule has 6 heteroatoms. The first kappa shape index (κ1) is 15.6. The van der Waals surface area contributed by atoms with E-state index >= 15 is 0 Å². The van der Waals surface area contributed by atoms with Gasteiger partial charge in [-0.2, -0.15) is 0 Å². The van der Waals surface area contributed by atoms with Crippen LogP contribution in [0.15, 0.2) is 48.8 Å². The molecule has 3 N–H and O–H groups in total. The molecule has 0 atom stereocenters. The maximum Gasteiger partial charge on any atom is 0.215 e. The monoisotopic (exact) mass is 305 g/mol. The molecule has 0 saturated heterocycles. The third kappa shape index (κ3) is 5.26. The number of pyridine rings is 1. The van der Waals surface area contributed by atoms with E-state index in [-0.39, 0.29) is 5.75 Å². The average Bonchev–Trinajstić information content (AvgIpc) is 2.48. The molecule has 0 aliphatic rings. The molecule has 5 nitrogen and oxygen atoms in total. The highest BCUT2D eigenvalue weighted by Gasteiger charge is 2.10. The minimum Gasteiger partial charge on any atom is -0.326 e. The molecule has 0 unspecified atom stereocenters. The molecule has 1 aromatic carbocycles. The van der Waals surface area contributed by atoms with E-state index < -0.39 is 10.0 Å². The van der Waals surface area contributed by atoms with Gasteiger partial charge in [0.2, 0.25) is 10.0 Å². The van der Waals surface area contributed by atoms with Crippen molar-refractivity contribution in [3.63, 3.8) is 0 Å². The van der Waals surface area contributed by atoms with Gasteiger partial charge in [0.25, 0.3) is 0 Å². The molecule has 2 aromatic rings. The Kier molecular flexibility index (Phi) is 5.44. The predicted octanol–water partition coefficient (Wildman–Crippen LogP) is 1.20. The Morgan fingerprint density at radius 1 is 0.952 bits per heavy atom. The van der Waals surface area contributed by atoms with Crippen molar-refractivity contribution in [2.45, 2.75) is 18.7 Å². The van der Waals surface area contributed by atoms with Gasteiger partial charge in [-0.25, -0.2) is 13.1 Å². The van der Waals surface area contributed by atoms with Crippen LogP contribution in [0.2, 0.25) is 0 Å². The van der Waals surface area contributed by atoms with E-state index in [0.29, 0.717) is 19.5 Å². The summed E-state index contributed by atoms with van der Waals surface area (Å²) in [7, 11) is -3.32. The van der Waals surface area contributed by atoms with Gasteiger partial charge in [-0.1, -0.05) is 24.3 Å². The van der Waals surface area contributed by atoms with E-state index in [2.05, 4.69) is 9.71 Å². The predicted molar refractivity (Wildman–Crippen MR) is 82.9 cm³/mol. The Morgan fingerprint density at radius 3 is 2.19 bits per heavy atom. The summed E-state index contributed by atoms with van der Waals surface area (Å²) in [6.45, 7) is 0.838. The summed E-state index contributed by atoms with van der Waals surface area (Å²) in [6.07, 6.45) is 4.04. The summed E-state index contributed by atoms with van der Waals surface area (Å²) >= 11 is 0. The number of rotatable bonds is 7. The normalized spacial score (nSPS) is 11.5. The van der Waals surface area contributed by atoms with E-state index in [0.717, 1.165) is 16.7 Å². The molecular formula is C15H19N3O2S. The fourth-order valence-electron chi connectivity index (χ4n) is 1.94. The van der Waals surface area contributed by atoms with Crippen LogP contribution in [0.25, 0.3) is 0 Å². The number of hydrogen-bond acceptors (Lipinski definition) is 4. The van der Waals surface area contributed by atoms with Crippen molar-refractivity contribution in [3.8, 4) is 0 Å². The number of aromatic nitrogens is 1. The molecule has 21 heavy (non-hydrogen) atoms. The van der Waals surface area contributed by atoms with Gasteiger partial charge in [0, 0.05) is 25.5 Å². The van der Waals surface area contributed by atoms with Gasteiger partial charge in [0.1, 0.15) is 0 Å². The standard InChI is InChI=1S/C15H19N3O2S/c16-11-14-1-3-15(4-2-14)12-21(19,20)18-10-7-13-5-8-17-9-6-13/h1-6,8-9,18H,7,10-12,16H2. The summed E-state index contributed by atoms with van der Waals surface area (Å²) in [5, 5.41) is 0. The van der Waals surface area contributed by atoms with Crippen LogP contribution in [-0.4, -0.2) is 19.9 Å². The van der Waals surface area contributed by atoms with Crippen LogP contribution in [0, 0.1) is 0 Å². The van der Waals surface area contributed by atoms with Crippen molar-refractivity contribution in [2.24, 2.45) is 5.73 Å². The molecule has 112 valence electrons. The van der Waals surface area contributed by atoms with Gasteiger partial charge in [-0.3, -0.25) is 4.98 Å². The summed E-state index contributed by atoms with van der Waals surface area (Å²) in [4.78, 5) is 3.92. The molecule has 0 radical (unpaired) electrons. The topological polar surface area (TPSA) is 85.1 Å². The number of nitrogens with two attached hydrogens (primary N) is 1. The number of benzene rings is 1. The van der Waals surface area contributed by atoms with Crippen LogP contribution in [0.5, 0.6) is 0 Å². The SMILES string of the molecule is NCc1ccc(CS(=O)(=O)NCCc2ccncc2)cc1. The molecule has 0 aliphatic carbocycles. The van der Waals surface area contributed by atoms with Crippen molar-refractivity contribution in [1.82, 2.24) is 9.71 Å². The fourth-order valence-corrected chi connectivity index (χ4v) is 3.09. The number of sulfonamides is 1. The second-order valence-corrected chi connectivity index (χ2v) is 6.59. The van der Waals surface area contributed by atoms with E-state index in [9.17, 15) is 8.42 Å². The molecule has 0 saturated carbocycles. The second-order valence-electron chi connectivity index (χ2n) is 4.78. The molecule has 0 fully saturated rings. The van der Waals surface area contributed by atoms with Crippen LogP contribution < -0.4 is 10.5 Å². The first-order valence-corrected chi connectivity index (χ1v) is 8.38. The molecule has 0 spiro atoms. The lowest BCUT2D eigenvalue weighted by Crippen LogP contribution is -2.27. The van der Waals surface area contributed by atoms with Crippen molar-refractivity contribution in [1.29, 1.82) is 0 Å². The molecule has 0 amide bonds. The zero-order chi connectivity index (χ0) is 15.1. The van der Waals surface area contributed by atoms with Gasteiger partial charge in [-0.15, -0.1) is 0 Å². The van der Waals surface area contributed by atoms with Gasteiger partial charge < -0.3 is 5.73 Å². The third-order valence-electron chi connectivity index (χ3n) is 3.10. The van der Waals surface area contributed by atoms with Crippen molar-refractivity contribution in [2.75, 3.05) is 6.54 Å². The smallest absolute Gasteiger partial charge is 0.215 e. The highest BCUT2D eigenvalue weighted by Crippen LogP contribution is 2.07. The van der Waals surface area contributed by atoms with Gasteiger partial charge >= 0.3 is 0 Å². The minimum absolute atomic E-state index is 0.0196. The maximum absolute atomic E-state index is 12.0. The lowest BCUT2D eigenvalue weighted by Gasteiger charge is -2.07. The lowest BCUT2D eigenvalue weighted by molar-refractivity contribution is 0.581. The lowest BCUT2D eigenvalue weighted by atomic mass is 10.1. The number of nitrogens with zero attached hydrogens (tertiary/aromatic N) is 1. The zero-order valence-corrected chi connectivity index (χ0v) is 12.5. The molecule has 1 aromatic heterocycles. The van der Waals surface area contributed by atoms with Crippen LogP contribution in [0.3, 0.4) is 0 Å². The van der Waals surface area contributed by atoms with Crippen LogP contribution in [0.1, 0.15) is 16.7 Å². The fraction of sp³-hybridized carbons (Fsp3) is 0.267. The third-order valence-corrected chi connectivity index (χ3v) is 4.46. The molecule has 0 bridgehead atoms. The summed E-state index contributed by atoms with van der Waals surface area (Å²) in [5.41, 5.74) is 8.31. The first-order chi connectivity index (χ1) is 10.1. The van der Waals surface area contributed by atoms with E-state index in [1.807, 2.05) is 24.3 Å². The molecule has 0 aliphatic heterocycles. The first-order valence-electron chi connectivity index (χ1n) is 6.73. The van der Waals surface area contributed by atoms with E-state index in [1.54, 1.807) is 24.5 Å². The summed E-state index contributed by atoms with van der Waals surface area (Å²) in [6, 6.07) is 11.0. The van der Waals surface area contributed by atoms with Gasteiger partial charge in [0.15, 0.2) is 0 Å². The van der Waals surface area contributed by atoms with Crippen LogP contribution in [-0.2, 0) is 28.7 Å². The number of nitrogens with one attached hydrogen (secondary N) is 1. The molecular weight excluding hydrogens is 286 g/mol. The van der Waals surface area contributed by atoms with E-state index in [1.165, 1.54) is 0 Å². The van der Waals surface area contributed by atoms with Crippen LogP contribution in [0.4, 0.5) is 0 Å². The van der Waals surface area contributed by atoms with Crippen LogP contribution >= 0.6 is 0 Å². The zero-order valence-electron chi connectivity index (χ0n) is 11.7. The van der Waals surface area contributed by atoms with Gasteiger partial charge in [-0.05, 0) is 35.2 Å². The molecule has 1 heterocycles. The van der Waals surface area contributed by atoms with Crippen molar-refractivity contribution >= 4 is 10.0 Å². The Labute approximate surface area is 125 Å². The quantitative estimate of drug-likeness (QED) is 0.805. The number of hydrogen-bond donors (Lipinski definition) is 2. The van der Waals surface area contributed by atoms with E-state index in [4.69, 9.17) is 5.73 Å². The van der Waals surface area contributed by atoms with Crippen molar-refractivity contribution < 1.29 is 8.42 Å². The Hall–Kier alpha value is -1.76. The van der Waals surface area contributed by atoms with Crippen molar-refractivity contribution in [3.05, 3.63) is 65.5 Å².